The zero-order valence-electron chi connectivity index (χ0n) is 19.7. The Morgan fingerprint density at radius 1 is 1.24 bits per heavy atom. The van der Waals surface area contributed by atoms with Crippen LogP contribution in [0.5, 0.6) is 0 Å². The molecular formula is C23H32ClN5O3Si. The second kappa shape index (κ2) is 11.2. The number of tetrazole rings is 1. The van der Waals surface area contributed by atoms with E-state index in [1.165, 1.54) is 0 Å². The van der Waals surface area contributed by atoms with Crippen LogP contribution in [-0.4, -0.2) is 50.9 Å². The molecule has 3 rings (SSSR count). The van der Waals surface area contributed by atoms with Gasteiger partial charge >= 0.3 is 5.97 Å². The van der Waals surface area contributed by atoms with Gasteiger partial charge in [-0.25, -0.2) is 9.67 Å². The first-order valence-electron chi connectivity index (χ1n) is 11.3. The molecule has 0 spiro atoms. The van der Waals surface area contributed by atoms with Crippen molar-refractivity contribution in [1.82, 2.24) is 25.2 Å². The monoisotopic (exact) mass is 489 g/mol. The van der Waals surface area contributed by atoms with E-state index in [0.717, 1.165) is 28.9 Å². The largest absolute Gasteiger partial charge is 0.481 e. The summed E-state index contributed by atoms with van der Waals surface area (Å²) in [6.07, 6.45) is 1.74. The summed E-state index contributed by atoms with van der Waals surface area (Å²) in [5.74, 6) is -1.35. The maximum Gasteiger partial charge on any atom is 0.307 e. The van der Waals surface area contributed by atoms with E-state index >= 15 is 0 Å². The van der Waals surface area contributed by atoms with Gasteiger partial charge in [0.25, 0.3) is 0 Å². The summed E-state index contributed by atoms with van der Waals surface area (Å²) in [4.78, 5) is 16.6. The van der Waals surface area contributed by atoms with Crippen LogP contribution in [0, 0.1) is 5.92 Å². The van der Waals surface area contributed by atoms with E-state index in [-0.39, 0.29) is 6.73 Å². The fourth-order valence-corrected chi connectivity index (χ4v) is 4.75. The highest BCUT2D eigenvalue weighted by molar-refractivity contribution is 6.76. The number of aliphatic carboxylic acids is 1. The Labute approximate surface area is 200 Å². The lowest BCUT2D eigenvalue weighted by atomic mass is 9.83. The minimum atomic E-state index is -1.21. The van der Waals surface area contributed by atoms with E-state index in [9.17, 15) is 9.90 Å². The molecule has 0 aliphatic rings. The predicted octanol–water partition coefficient (Wildman–Crippen LogP) is 5.01. The molecule has 33 heavy (non-hydrogen) atoms. The number of carbonyl (C=O) groups is 1. The summed E-state index contributed by atoms with van der Waals surface area (Å²) in [7, 11) is -1.21. The number of pyridine rings is 1. The third-order valence-corrected chi connectivity index (χ3v) is 7.60. The van der Waals surface area contributed by atoms with Crippen LogP contribution in [0.15, 0.2) is 30.3 Å². The van der Waals surface area contributed by atoms with Gasteiger partial charge in [0, 0.05) is 26.0 Å². The topological polar surface area (TPSA) is 103 Å². The molecule has 1 unspecified atom stereocenters. The van der Waals surface area contributed by atoms with Crippen LogP contribution in [0.3, 0.4) is 0 Å². The smallest absolute Gasteiger partial charge is 0.307 e. The van der Waals surface area contributed by atoms with E-state index in [2.05, 4.69) is 40.2 Å². The summed E-state index contributed by atoms with van der Waals surface area (Å²) in [5.41, 5.74) is 1.73. The molecule has 0 fully saturated rings. The van der Waals surface area contributed by atoms with Gasteiger partial charge in [0.2, 0.25) is 0 Å². The molecule has 1 N–H and O–H groups in total. The number of carboxylic acid groups (broad SMARTS) is 1. The molecule has 3 aromatic rings. The number of hydrogen-bond acceptors (Lipinski definition) is 6. The van der Waals surface area contributed by atoms with Crippen LogP contribution in [-0.2, 0) is 22.7 Å². The Hall–Kier alpha value is -2.36. The highest BCUT2D eigenvalue weighted by Gasteiger charge is 2.33. The molecule has 8 nitrogen and oxygen atoms in total. The van der Waals surface area contributed by atoms with Gasteiger partial charge in [0.05, 0.1) is 11.4 Å². The molecule has 0 bridgehead atoms. The minimum Gasteiger partial charge on any atom is -0.481 e. The molecule has 1 aromatic carbocycles. The van der Waals surface area contributed by atoms with Crippen LogP contribution in [0.4, 0.5) is 0 Å². The van der Waals surface area contributed by atoms with Crippen LogP contribution in [0.1, 0.15) is 37.1 Å². The zero-order chi connectivity index (χ0) is 24.0. The number of hydrogen-bond donors (Lipinski definition) is 1. The number of ether oxygens (including phenoxy) is 1. The zero-order valence-corrected chi connectivity index (χ0v) is 21.4. The van der Waals surface area contributed by atoms with Gasteiger partial charge in [-0.2, -0.15) is 0 Å². The molecule has 2 atom stereocenters. The van der Waals surface area contributed by atoms with Crippen LogP contribution in [0.2, 0.25) is 30.8 Å². The van der Waals surface area contributed by atoms with Crippen molar-refractivity contribution < 1.29 is 14.6 Å². The van der Waals surface area contributed by atoms with Crippen molar-refractivity contribution in [3.8, 4) is 0 Å². The van der Waals surface area contributed by atoms with Crippen molar-refractivity contribution >= 4 is 36.5 Å². The van der Waals surface area contributed by atoms with Crippen LogP contribution in [0.25, 0.3) is 10.9 Å². The number of carboxylic acids is 1. The third-order valence-electron chi connectivity index (χ3n) is 5.68. The maximum atomic E-state index is 12.2. The van der Waals surface area contributed by atoms with Crippen LogP contribution >= 0.6 is 11.6 Å². The third kappa shape index (κ3) is 7.06. The number of rotatable bonds is 12. The Morgan fingerprint density at radius 3 is 2.70 bits per heavy atom. The first kappa shape index (κ1) is 25.3. The van der Waals surface area contributed by atoms with Gasteiger partial charge in [0.1, 0.15) is 11.9 Å². The minimum absolute atomic E-state index is 0.205. The molecule has 0 saturated heterocycles. The normalized spacial score (nSPS) is 13.8. The number of halogens is 1. The molecule has 178 valence electrons. The van der Waals surface area contributed by atoms with E-state index in [1.54, 1.807) is 10.7 Å². The molecule has 2 heterocycles. The number of benzene rings is 1. The van der Waals surface area contributed by atoms with Crippen molar-refractivity contribution in [2.45, 2.75) is 64.5 Å². The van der Waals surface area contributed by atoms with Crippen LogP contribution < -0.4 is 0 Å². The second-order valence-electron chi connectivity index (χ2n) is 9.59. The van der Waals surface area contributed by atoms with Gasteiger partial charge < -0.3 is 9.84 Å². The van der Waals surface area contributed by atoms with Gasteiger partial charge in [-0.1, -0.05) is 56.7 Å². The lowest BCUT2D eigenvalue weighted by molar-refractivity contribution is -0.143. The lowest BCUT2D eigenvalue weighted by Gasteiger charge is -2.23. The molecule has 10 heteroatoms. The maximum absolute atomic E-state index is 12.2. The molecule has 2 aromatic heterocycles. The quantitative estimate of drug-likeness (QED) is 0.216. The van der Waals surface area contributed by atoms with E-state index in [4.69, 9.17) is 16.3 Å². The van der Waals surface area contributed by atoms with Crippen molar-refractivity contribution in [3.63, 3.8) is 0 Å². The van der Waals surface area contributed by atoms with Crippen molar-refractivity contribution in [2.24, 2.45) is 5.92 Å². The highest BCUT2D eigenvalue weighted by Crippen LogP contribution is 2.32. The van der Waals surface area contributed by atoms with E-state index in [0.29, 0.717) is 30.4 Å². The molecule has 0 amide bonds. The molecule has 0 radical (unpaired) electrons. The summed E-state index contributed by atoms with van der Waals surface area (Å²) < 4.78 is 7.44. The standard InChI is InChI=1S/C23H32ClN5O3Si/c1-5-6-18(23(30)31)19(13-16-7-8-17-9-10-21(24)25-20(17)14-16)22-26-27-28-29(22)15-32-11-12-33(2,3)4/h7-10,14,18-19H,5-6,11-13,15H2,1-4H3,(H,30,31)/t18?,19-/m0/s1. The SMILES string of the molecule is CCCC(C(=O)O)[C@H](Cc1ccc2ccc(Cl)nc2c1)c1nnnn1COCC[Si](C)(C)C. The Morgan fingerprint density at radius 2 is 2.00 bits per heavy atom. The lowest BCUT2D eigenvalue weighted by Crippen LogP contribution is -2.27. The number of aromatic nitrogens is 5. The second-order valence-corrected chi connectivity index (χ2v) is 15.6. The van der Waals surface area contributed by atoms with Gasteiger partial charge in [-0.15, -0.1) is 5.10 Å². The fourth-order valence-electron chi connectivity index (χ4n) is 3.84. The van der Waals surface area contributed by atoms with Gasteiger partial charge in [0.15, 0.2) is 5.82 Å². The Kier molecular flexibility index (Phi) is 8.55. The van der Waals surface area contributed by atoms with Gasteiger partial charge in [-0.05, 0) is 53.1 Å². The fraction of sp³-hybridized carbons (Fsp3) is 0.522. The van der Waals surface area contributed by atoms with Crippen molar-refractivity contribution in [1.29, 1.82) is 0 Å². The Balaban J connectivity index is 1.88. The molecular weight excluding hydrogens is 458 g/mol. The average molecular weight is 490 g/mol. The molecule has 0 saturated carbocycles. The summed E-state index contributed by atoms with van der Waals surface area (Å²) >= 11 is 6.07. The summed E-state index contributed by atoms with van der Waals surface area (Å²) in [6.45, 7) is 9.70. The predicted molar refractivity (Wildman–Crippen MR) is 131 cm³/mol. The van der Waals surface area contributed by atoms with Crippen molar-refractivity contribution in [3.05, 3.63) is 46.9 Å². The summed E-state index contributed by atoms with van der Waals surface area (Å²) in [5, 5.41) is 23.6. The number of fused-ring (bicyclic) bond motifs is 1. The van der Waals surface area contributed by atoms with Crippen molar-refractivity contribution in [2.75, 3.05) is 6.61 Å². The Bertz CT molecular complexity index is 1090. The summed E-state index contributed by atoms with van der Waals surface area (Å²) in [6, 6.07) is 10.6. The average Bonchev–Trinajstić information content (AvgIpc) is 3.21. The van der Waals surface area contributed by atoms with Gasteiger partial charge in [-0.3, -0.25) is 4.79 Å². The highest BCUT2D eigenvalue weighted by atomic mass is 35.5. The molecule has 0 aliphatic carbocycles. The van der Waals surface area contributed by atoms with E-state index < -0.39 is 25.9 Å². The number of nitrogens with zero attached hydrogens (tertiary/aromatic N) is 5. The van der Waals surface area contributed by atoms with E-state index in [1.807, 2.05) is 31.2 Å². The first-order chi connectivity index (χ1) is 15.7. The molecule has 0 aliphatic heterocycles. The first-order valence-corrected chi connectivity index (χ1v) is 15.4.